The Morgan fingerprint density at radius 1 is 1.56 bits per heavy atom. The number of hydrogen-bond donors (Lipinski definition) is 2. The molecule has 0 saturated heterocycles. The van der Waals surface area contributed by atoms with E-state index in [1.165, 1.54) is 9.66 Å². The third-order valence-corrected chi connectivity index (χ3v) is 1.18. The summed E-state index contributed by atoms with van der Waals surface area (Å²) in [6, 6.07) is 0. The number of sulfonamides is 1. The van der Waals surface area contributed by atoms with Crippen LogP contribution < -0.4 is 9.66 Å². The molecule has 0 aliphatic carbocycles. The molecule has 0 spiro atoms. The maximum Gasteiger partial charge on any atom is 0.222 e. The molecule has 0 amide bonds. The van der Waals surface area contributed by atoms with E-state index < -0.39 is 21.3 Å². The van der Waals surface area contributed by atoms with Crippen molar-refractivity contribution in [1.29, 1.82) is 0 Å². The van der Waals surface area contributed by atoms with Gasteiger partial charge in [-0.3, -0.25) is 4.21 Å². The van der Waals surface area contributed by atoms with Crippen LogP contribution in [0.25, 0.3) is 0 Å². The molecule has 0 aromatic rings. The summed E-state index contributed by atoms with van der Waals surface area (Å²) >= 11 is -2.60. The summed E-state index contributed by atoms with van der Waals surface area (Å²) in [5.74, 6) is 0. The van der Waals surface area contributed by atoms with Gasteiger partial charge < -0.3 is 4.55 Å². The molecule has 0 aliphatic rings. The monoisotopic (exact) mass is 173 g/mol. The minimum absolute atomic E-state index is 0.826. The zero-order chi connectivity index (χ0) is 7.49. The number of nitrogens with one attached hydrogen (secondary N) is 2. The molecule has 1 unspecified atom stereocenters. The molecule has 0 bridgehead atoms. The smallest absolute Gasteiger partial charge is 0.222 e. The van der Waals surface area contributed by atoms with Gasteiger partial charge in [0, 0.05) is 11.3 Å². The second-order valence-corrected chi connectivity index (χ2v) is 3.63. The van der Waals surface area contributed by atoms with E-state index in [0.717, 1.165) is 6.26 Å². The van der Waals surface area contributed by atoms with Gasteiger partial charge in [0.1, 0.15) is 0 Å². The Balaban J connectivity index is 3.67. The third-order valence-electron chi connectivity index (χ3n) is 0.310. The van der Waals surface area contributed by atoms with Crippen molar-refractivity contribution in [3.63, 3.8) is 0 Å². The largest absolute Gasteiger partial charge is 0.759 e. The summed E-state index contributed by atoms with van der Waals surface area (Å²) in [6.07, 6.45) is 0.826. The molecule has 0 rings (SSSR count). The van der Waals surface area contributed by atoms with Gasteiger partial charge in [-0.25, -0.2) is 8.42 Å². The maximum atomic E-state index is 10.1. The van der Waals surface area contributed by atoms with Crippen molar-refractivity contribution in [2.75, 3.05) is 6.26 Å². The van der Waals surface area contributed by atoms with Crippen molar-refractivity contribution in [2.45, 2.75) is 0 Å². The van der Waals surface area contributed by atoms with Crippen molar-refractivity contribution >= 4 is 21.3 Å². The van der Waals surface area contributed by atoms with Crippen LogP contribution in [0.2, 0.25) is 0 Å². The average molecular weight is 173 g/mol. The highest BCUT2D eigenvalue weighted by atomic mass is 32.2. The molecule has 56 valence electrons. The molecule has 2 N–H and O–H groups in total. The van der Waals surface area contributed by atoms with Crippen LogP contribution >= 0.6 is 0 Å². The lowest BCUT2D eigenvalue weighted by molar-refractivity contribution is 0.515. The number of hydrazine groups is 1. The Morgan fingerprint density at radius 2 is 2.00 bits per heavy atom. The van der Waals surface area contributed by atoms with Crippen molar-refractivity contribution in [3.8, 4) is 0 Å². The van der Waals surface area contributed by atoms with Crippen LogP contribution in [-0.2, 0) is 21.3 Å². The Morgan fingerprint density at radius 3 is 2.11 bits per heavy atom. The Bertz CT molecular complexity index is 195. The molecule has 0 saturated carbocycles. The van der Waals surface area contributed by atoms with E-state index in [9.17, 15) is 17.2 Å². The minimum Gasteiger partial charge on any atom is -0.759 e. The normalized spacial score (nSPS) is 15.3. The predicted octanol–water partition coefficient (Wildman–Crippen LogP) is -2.17. The Labute approximate surface area is 55.1 Å². The van der Waals surface area contributed by atoms with Gasteiger partial charge in [0.15, 0.2) is 0 Å². The fourth-order valence-electron chi connectivity index (χ4n) is 0.110. The molecule has 0 aliphatic heterocycles. The second-order valence-electron chi connectivity index (χ2n) is 1.21. The SMILES string of the molecule is CS(=O)(=O)NNS(=O)[O-]. The lowest BCUT2D eigenvalue weighted by atomic mass is 12.0. The standard InChI is InChI=1S/CH6N2O4S2/c1-9(6,7)3-2-8(4)5/h2-3H,1H3,(H,4,5)/p-1. The fraction of sp³-hybridized carbons (Fsp3) is 1.00. The first-order chi connectivity index (χ1) is 3.92. The maximum absolute atomic E-state index is 10.1. The van der Waals surface area contributed by atoms with Gasteiger partial charge >= 0.3 is 0 Å². The van der Waals surface area contributed by atoms with Crippen LogP contribution in [0, 0.1) is 0 Å². The van der Waals surface area contributed by atoms with E-state index in [1.54, 1.807) is 0 Å². The first kappa shape index (κ1) is 8.98. The van der Waals surface area contributed by atoms with Crippen LogP contribution in [-0.4, -0.2) is 23.4 Å². The van der Waals surface area contributed by atoms with E-state index in [0.29, 0.717) is 0 Å². The number of hydrogen-bond acceptors (Lipinski definition) is 4. The summed E-state index contributed by atoms with van der Waals surface area (Å²) < 4.78 is 39.4. The van der Waals surface area contributed by atoms with Gasteiger partial charge in [-0.1, -0.05) is 0 Å². The summed E-state index contributed by atoms with van der Waals surface area (Å²) in [5.41, 5.74) is 0. The minimum atomic E-state index is -3.47. The van der Waals surface area contributed by atoms with Crippen molar-refractivity contribution in [3.05, 3.63) is 0 Å². The molecule has 9 heavy (non-hydrogen) atoms. The molecular weight excluding hydrogens is 168 g/mol. The summed E-state index contributed by atoms with van der Waals surface area (Å²) in [7, 11) is -3.47. The lowest BCUT2D eigenvalue weighted by Gasteiger charge is -2.05. The fourth-order valence-corrected chi connectivity index (χ4v) is 0.987. The molecule has 0 heterocycles. The van der Waals surface area contributed by atoms with Crippen LogP contribution in [0.15, 0.2) is 0 Å². The average Bonchev–Trinajstić information content (AvgIpc) is 1.59. The first-order valence-electron chi connectivity index (χ1n) is 1.73. The van der Waals surface area contributed by atoms with Gasteiger partial charge in [-0.05, 0) is 0 Å². The highest BCUT2D eigenvalue weighted by Crippen LogP contribution is 1.67. The van der Waals surface area contributed by atoms with Crippen molar-refractivity contribution < 1.29 is 17.2 Å². The van der Waals surface area contributed by atoms with Crippen LogP contribution in [0.5, 0.6) is 0 Å². The molecular formula is CH5N2O4S2-. The second kappa shape index (κ2) is 3.22. The summed E-state index contributed by atoms with van der Waals surface area (Å²) in [6.45, 7) is 0. The first-order valence-corrected chi connectivity index (χ1v) is 4.70. The van der Waals surface area contributed by atoms with E-state index >= 15 is 0 Å². The Hall–Kier alpha value is -0.0200. The zero-order valence-corrected chi connectivity index (χ0v) is 6.08. The third kappa shape index (κ3) is 7.98. The van der Waals surface area contributed by atoms with Gasteiger partial charge in [0.05, 0.1) is 6.26 Å². The molecule has 8 heteroatoms. The molecule has 0 radical (unpaired) electrons. The van der Waals surface area contributed by atoms with Gasteiger partial charge in [-0.15, -0.1) is 4.83 Å². The topological polar surface area (TPSA) is 98.3 Å². The Kier molecular flexibility index (Phi) is 3.22. The summed E-state index contributed by atoms with van der Waals surface area (Å²) in [5, 5.41) is 0. The molecule has 0 fully saturated rings. The van der Waals surface area contributed by atoms with E-state index in [4.69, 9.17) is 0 Å². The van der Waals surface area contributed by atoms with E-state index in [2.05, 4.69) is 0 Å². The van der Waals surface area contributed by atoms with Crippen LogP contribution in [0.3, 0.4) is 0 Å². The molecule has 6 nitrogen and oxygen atoms in total. The lowest BCUT2D eigenvalue weighted by Crippen LogP contribution is -2.37. The highest BCUT2D eigenvalue weighted by molar-refractivity contribution is 7.89. The van der Waals surface area contributed by atoms with Gasteiger partial charge in [-0.2, -0.15) is 4.83 Å². The van der Waals surface area contributed by atoms with Gasteiger partial charge in [0.2, 0.25) is 10.0 Å². The highest BCUT2D eigenvalue weighted by Gasteiger charge is 1.95. The molecule has 1 atom stereocenters. The quantitative estimate of drug-likeness (QED) is 0.375. The molecule has 0 aromatic heterocycles. The van der Waals surface area contributed by atoms with Crippen LogP contribution in [0.1, 0.15) is 0 Å². The zero-order valence-electron chi connectivity index (χ0n) is 4.45. The summed E-state index contributed by atoms with van der Waals surface area (Å²) in [4.78, 5) is 2.99. The van der Waals surface area contributed by atoms with E-state index in [-0.39, 0.29) is 0 Å². The van der Waals surface area contributed by atoms with Crippen LogP contribution in [0.4, 0.5) is 0 Å². The number of rotatable bonds is 3. The van der Waals surface area contributed by atoms with E-state index in [1.807, 2.05) is 0 Å². The van der Waals surface area contributed by atoms with Crippen molar-refractivity contribution in [1.82, 2.24) is 9.66 Å². The predicted molar refractivity (Wildman–Crippen MR) is 30.0 cm³/mol. The van der Waals surface area contributed by atoms with Crippen molar-refractivity contribution in [2.24, 2.45) is 0 Å². The molecule has 0 aromatic carbocycles. The van der Waals surface area contributed by atoms with Gasteiger partial charge in [0.25, 0.3) is 0 Å².